The minimum absolute atomic E-state index is 0.587. The second-order valence-corrected chi connectivity index (χ2v) is 4.35. The predicted octanol–water partition coefficient (Wildman–Crippen LogP) is 2.51. The van der Waals surface area contributed by atoms with Crippen molar-refractivity contribution in [3.63, 3.8) is 0 Å². The molecule has 0 amide bonds. The van der Waals surface area contributed by atoms with Gasteiger partial charge in [0.1, 0.15) is 5.76 Å². The third-order valence-electron chi connectivity index (χ3n) is 1.62. The normalized spacial score (nSPS) is 11.0. The van der Waals surface area contributed by atoms with Crippen molar-refractivity contribution in [2.24, 2.45) is 0 Å². The number of furan rings is 1. The van der Waals surface area contributed by atoms with Crippen LogP contribution in [0.1, 0.15) is 19.6 Å². The molecule has 0 aliphatic heterocycles. The van der Waals surface area contributed by atoms with Gasteiger partial charge in [-0.05, 0) is 12.1 Å². The zero-order valence-corrected chi connectivity index (χ0v) is 9.06. The molecule has 0 aromatic carbocycles. The molecule has 1 aromatic rings. The summed E-state index contributed by atoms with van der Waals surface area (Å²) in [6, 6.07) is 4.54. The first-order chi connectivity index (χ1) is 6.29. The van der Waals surface area contributed by atoms with E-state index < -0.39 is 0 Å². The summed E-state index contributed by atoms with van der Waals surface area (Å²) >= 11 is 1.90. The Kier molecular flexibility index (Phi) is 5.01. The summed E-state index contributed by atoms with van der Waals surface area (Å²) in [5, 5.41) is 3.37. The van der Waals surface area contributed by atoms with E-state index >= 15 is 0 Å². The van der Waals surface area contributed by atoms with Crippen LogP contribution < -0.4 is 5.32 Å². The van der Waals surface area contributed by atoms with Gasteiger partial charge < -0.3 is 9.73 Å². The monoisotopic (exact) mass is 199 g/mol. The van der Waals surface area contributed by atoms with Gasteiger partial charge in [-0.3, -0.25) is 0 Å². The van der Waals surface area contributed by atoms with Gasteiger partial charge in [0, 0.05) is 18.3 Å². The van der Waals surface area contributed by atoms with E-state index in [4.69, 9.17) is 4.42 Å². The lowest BCUT2D eigenvalue weighted by atomic mass is 10.4. The molecule has 0 spiro atoms. The van der Waals surface area contributed by atoms with Crippen molar-refractivity contribution < 1.29 is 4.42 Å². The molecule has 0 radical (unpaired) electrons. The summed E-state index contributed by atoms with van der Waals surface area (Å²) in [6.45, 7) is 5.40. The maximum absolute atomic E-state index is 5.22. The summed E-state index contributed by atoms with van der Waals surface area (Å²) in [7, 11) is 0. The molecule has 74 valence electrons. The second kappa shape index (κ2) is 6.11. The van der Waals surface area contributed by atoms with Crippen molar-refractivity contribution >= 4 is 11.8 Å². The van der Waals surface area contributed by atoms with Crippen LogP contribution in [0.15, 0.2) is 22.8 Å². The molecule has 0 saturated carbocycles. The molecule has 1 heterocycles. The van der Waals surface area contributed by atoms with Gasteiger partial charge in [-0.2, -0.15) is 11.8 Å². The van der Waals surface area contributed by atoms with Crippen molar-refractivity contribution in [3.05, 3.63) is 24.2 Å². The Bertz CT molecular complexity index is 209. The van der Waals surface area contributed by atoms with Gasteiger partial charge in [0.15, 0.2) is 0 Å². The van der Waals surface area contributed by atoms with Gasteiger partial charge in [0.25, 0.3) is 0 Å². The highest BCUT2D eigenvalue weighted by molar-refractivity contribution is 7.98. The van der Waals surface area contributed by atoms with Gasteiger partial charge in [-0.15, -0.1) is 0 Å². The van der Waals surface area contributed by atoms with Crippen LogP contribution in [0.4, 0.5) is 0 Å². The summed E-state index contributed by atoms with van der Waals surface area (Å²) in [5.74, 6) is 3.18. The van der Waals surface area contributed by atoms with Crippen LogP contribution in [-0.2, 0) is 5.75 Å². The zero-order valence-electron chi connectivity index (χ0n) is 8.25. The summed E-state index contributed by atoms with van der Waals surface area (Å²) in [5.41, 5.74) is 0. The van der Waals surface area contributed by atoms with Crippen LogP contribution >= 0.6 is 11.8 Å². The van der Waals surface area contributed by atoms with E-state index in [0.717, 1.165) is 23.8 Å². The molecule has 0 bridgehead atoms. The highest BCUT2D eigenvalue weighted by atomic mass is 32.2. The van der Waals surface area contributed by atoms with E-state index in [-0.39, 0.29) is 0 Å². The number of thioether (sulfide) groups is 1. The number of hydrogen-bond donors (Lipinski definition) is 1. The van der Waals surface area contributed by atoms with Crippen LogP contribution in [0.3, 0.4) is 0 Å². The summed E-state index contributed by atoms with van der Waals surface area (Å²) in [6.07, 6.45) is 1.72. The molecule has 1 N–H and O–H groups in total. The Morgan fingerprint density at radius 2 is 2.38 bits per heavy atom. The maximum Gasteiger partial charge on any atom is 0.113 e. The molecule has 0 aliphatic carbocycles. The Morgan fingerprint density at radius 1 is 1.54 bits per heavy atom. The van der Waals surface area contributed by atoms with Gasteiger partial charge in [0.2, 0.25) is 0 Å². The number of rotatable bonds is 6. The molecule has 0 unspecified atom stereocenters. The maximum atomic E-state index is 5.22. The van der Waals surface area contributed by atoms with E-state index in [2.05, 4.69) is 19.2 Å². The van der Waals surface area contributed by atoms with Crippen molar-refractivity contribution in [2.45, 2.75) is 25.6 Å². The van der Waals surface area contributed by atoms with E-state index in [0.29, 0.717) is 6.04 Å². The molecule has 3 heteroatoms. The molecule has 13 heavy (non-hydrogen) atoms. The van der Waals surface area contributed by atoms with Gasteiger partial charge in [0.05, 0.1) is 12.0 Å². The molecule has 1 aromatic heterocycles. The minimum atomic E-state index is 0.587. The molecular weight excluding hydrogens is 182 g/mol. The quantitative estimate of drug-likeness (QED) is 0.713. The molecule has 1 rings (SSSR count). The lowest BCUT2D eigenvalue weighted by Gasteiger charge is -2.06. The fraction of sp³-hybridized carbons (Fsp3) is 0.600. The largest absolute Gasteiger partial charge is 0.468 e. The topological polar surface area (TPSA) is 25.2 Å². The first-order valence-corrected chi connectivity index (χ1v) is 5.78. The van der Waals surface area contributed by atoms with E-state index in [9.17, 15) is 0 Å². The van der Waals surface area contributed by atoms with Crippen molar-refractivity contribution in [3.8, 4) is 0 Å². The summed E-state index contributed by atoms with van der Waals surface area (Å²) < 4.78 is 5.22. The molecule has 0 atom stereocenters. The van der Waals surface area contributed by atoms with Crippen LogP contribution in [0, 0.1) is 0 Å². The Morgan fingerprint density at radius 3 is 3.00 bits per heavy atom. The fourth-order valence-electron chi connectivity index (χ4n) is 0.987. The highest BCUT2D eigenvalue weighted by Gasteiger charge is 1.96. The second-order valence-electron chi connectivity index (χ2n) is 3.24. The average molecular weight is 199 g/mol. The first kappa shape index (κ1) is 10.7. The Hall–Kier alpha value is -0.410. The van der Waals surface area contributed by atoms with Crippen LogP contribution in [0.2, 0.25) is 0 Å². The smallest absolute Gasteiger partial charge is 0.113 e. The molecule has 0 fully saturated rings. The SMILES string of the molecule is CC(C)NCCSCc1ccco1. The lowest BCUT2D eigenvalue weighted by molar-refractivity contribution is 0.530. The first-order valence-electron chi connectivity index (χ1n) is 4.62. The van der Waals surface area contributed by atoms with Gasteiger partial charge in [-0.1, -0.05) is 13.8 Å². The van der Waals surface area contributed by atoms with Gasteiger partial charge in [-0.25, -0.2) is 0 Å². The number of nitrogens with one attached hydrogen (secondary N) is 1. The minimum Gasteiger partial charge on any atom is -0.468 e. The van der Waals surface area contributed by atoms with Crippen LogP contribution in [0.5, 0.6) is 0 Å². The molecular formula is C10H17NOS. The van der Waals surface area contributed by atoms with E-state index in [1.807, 2.05) is 23.9 Å². The fourth-order valence-corrected chi connectivity index (χ4v) is 1.76. The van der Waals surface area contributed by atoms with Crippen LogP contribution in [-0.4, -0.2) is 18.3 Å². The Balaban J connectivity index is 1.96. The number of hydrogen-bond acceptors (Lipinski definition) is 3. The lowest BCUT2D eigenvalue weighted by Crippen LogP contribution is -2.24. The van der Waals surface area contributed by atoms with E-state index in [1.165, 1.54) is 0 Å². The molecule has 0 aliphatic rings. The Labute approximate surface area is 84.1 Å². The average Bonchev–Trinajstić information content (AvgIpc) is 2.55. The highest BCUT2D eigenvalue weighted by Crippen LogP contribution is 2.11. The third kappa shape index (κ3) is 5.01. The standard InChI is InChI=1S/C10H17NOS/c1-9(2)11-5-7-13-8-10-4-3-6-12-10/h3-4,6,9,11H,5,7-8H2,1-2H3. The predicted molar refractivity (Wildman–Crippen MR) is 58.0 cm³/mol. The summed E-state index contributed by atoms with van der Waals surface area (Å²) in [4.78, 5) is 0. The van der Waals surface area contributed by atoms with Crippen molar-refractivity contribution in [1.82, 2.24) is 5.32 Å². The van der Waals surface area contributed by atoms with Crippen molar-refractivity contribution in [2.75, 3.05) is 12.3 Å². The molecule has 2 nitrogen and oxygen atoms in total. The van der Waals surface area contributed by atoms with Crippen molar-refractivity contribution in [1.29, 1.82) is 0 Å². The van der Waals surface area contributed by atoms with Crippen LogP contribution in [0.25, 0.3) is 0 Å². The molecule has 0 saturated heterocycles. The zero-order chi connectivity index (χ0) is 9.52. The van der Waals surface area contributed by atoms with E-state index in [1.54, 1.807) is 6.26 Å². The third-order valence-corrected chi connectivity index (χ3v) is 2.60. The van der Waals surface area contributed by atoms with Gasteiger partial charge >= 0.3 is 0 Å².